The van der Waals surface area contributed by atoms with Crippen molar-refractivity contribution in [2.45, 2.75) is 95.1 Å². The van der Waals surface area contributed by atoms with Gasteiger partial charge in [0.2, 0.25) is 0 Å². The minimum atomic E-state index is -0.497. The number of aliphatic hydroxyl groups excluding tert-OH is 1. The molecule has 3 aliphatic heterocycles. The van der Waals surface area contributed by atoms with Gasteiger partial charge in [0.15, 0.2) is 11.6 Å². The maximum Gasteiger partial charge on any atom is 0.171 e. The van der Waals surface area contributed by atoms with Gasteiger partial charge in [-0.2, -0.15) is 0 Å². The van der Waals surface area contributed by atoms with Gasteiger partial charge in [-0.25, -0.2) is 0 Å². The minimum Gasteiger partial charge on any atom is -0.393 e. The Hall–Kier alpha value is -0.240. The fraction of sp³-hybridized carbons (Fsp3) is 1.00. The summed E-state index contributed by atoms with van der Waals surface area (Å²) in [6, 6.07) is 0. The second kappa shape index (κ2) is 6.05. The number of ether oxygens (including phenoxy) is 5. The van der Waals surface area contributed by atoms with Gasteiger partial charge < -0.3 is 28.8 Å². The highest BCUT2D eigenvalue weighted by molar-refractivity contribution is 5.26. The van der Waals surface area contributed by atoms with Crippen LogP contribution in [0.15, 0.2) is 0 Å². The van der Waals surface area contributed by atoms with Crippen LogP contribution >= 0.6 is 0 Å². The first-order valence-corrected chi connectivity index (χ1v) is 12.7. The molecule has 4 aliphatic carbocycles. The van der Waals surface area contributed by atoms with E-state index in [0.29, 0.717) is 50.1 Å². The molecule has 174 valence electrons. The number of rotatable bonds is 1. The fourth-order valence-corrected chi connectivity index (χ4v) is 10.1. The molecule has 0 amide bonds. The van der Waals surface area contributed by atoms with Crippen LogP contribution in [0.2, 0.25) is 0 Å². The van der Waals surface area contributed by atoms with Gasteiger partial charge in [-0.15, -0.1) is 0 Å². The molecule has 7 fully saturated rings. The highest BCUT2D eigenvalue weighted by Crippen LogP contribution is 2.75. The summed E-state index contributed by atoms with van der Waals surface area (Å²) in [7, 11) is 0. The minimum absolute atomic E-state index is 0.00969. The van der Waals surface area contributed by atoms with E-state index in [0.717, 1.165) is 38.5 Å². The van der Waals surface area contributed by atoms with E-state index in [9.17, 15) is 5.11 Å². The van der Waals surface area contributed by atoms with Crippen molar-refractivity contribution >= 4 is 0 Å². The van der Waals surface area contributed by atoms with Gasteiger partial charge in [-0.3, -0.25) is 0 Å². The van der Waals surface area contributed by atoms with Gasteiger partial charge in [-0.1, -0.05) is 13.8 Å². The molecule has 9 atom stereocenters. The molecular weight excluding hydrogens is 396 g/mol. The Labute approximate surface area is 185 Å². The smallest absolute Gasteiger partial charge is 0.171 e. The van der Waals surface area contributed by atoms with Crippen molar-refractivity contribution in [3.63, 3.8) is 0 Å². The molecule has 0 aromatic carbocycles. The molecule has 0 bridgehead atoms. The van der Waals surface area contributed by atoms with E-state index in [-0.39, 0.29) is 28.6 Å². The second-order valence-electron chi connectivity index (χ2n) is 12.3. The standard InChI is InChI=1S/C25H38O6/c1-21-13-17(26)20-15(16(21)4-5-18(21)23(3)27-8-9-28-23)12-19-25(31-19)14-24(29-10-11-30-24)7-6-22(20,25)2/h15-20,26H,4-14H2,1-3H3/t15?,16?,17-,18?,19-,20?,21+,22-,25-/m1/s1. The van der Waals surface area contributed by atoms with Gasteiger partial charge in [0.1, 0.15) is 5.60 Å². The third kappa shape index (κ3) is 2.35. The maximum absolute atomic E-state index is 11.8. The summed E-state index contributed by atoms with van der Waals surface area (Å²) < 4.78 is 31.1. The normalized spacial score (nSPS) is 58.5. The van der Waals surface area contributed by atoms with Crippen LogP contribution in [-0.4, -0.2) is 60.9 Å². The lowest BCUT2D eigenvalue weighted by atomic mass is 9.43. The van der Waals surface area contributed by atoms with Crippen LogP contribution < -0.4 is 0 Å². The Morgan fingerprint density at radius 2 is 1.58 bits per heavy atom. The molecule has 31 heavy (non-hydrogen) atoms. The molecule has 0 aromatic heterocycles. The quantitative estimate of drug-likeness (QED) is 0.639. The first kappa shape index (κ1) is 20.2. The van der Waals surface area contributed by atoms with Gasteiger partial charge in [-0.05, 0) is 62.2 Å². The highest BCUT2D eigenvalue weighted by atomic mass is 16.7. The molecule has 1 N–H and O–H groups in total. The van der Waals surface area contributed by atoms with Crippen LogP contribution in [0.1, 0.15) is 65.7 Å². The zero-order valence-corrected chi connectivity index (χ0v) is 19.2. The van der Waals surface area contributed by atoms with Gasteiger partial charge >= 0.3 is 0 Å². The van der Waals surface area contributed by atoms with Crippen molar-refractivity contribution in [3.05, 3.63) is 0 Å². The molecule has 0 radical (unpaired) electrons. The van der Waals surface area contributed by atoms with E-state index in [2.05, 4.69) is 20.8 Å². The van der Waals surface area contributed by atoms with Crippen LogP contribution in [0.5, 0.6) is 0 Å². The first-order valence-electron chi connectivity index (χ1n) is 12.7. The van der Waals surface area contributed by atoms with Crippen molar-refractivity contribution in [2.75, 3.05) is 26.4 Å². The highest BCUT2D eigenvalue weighted by Gasteiger charge is 2.80. The van der Waals surface area contributed by atoms with Crippen LogP contribution in [0, 0.1) is 34.5 Å². The van der Waals surface area contributed by atoms with E-state index in [1.165, 1.54) is 6.42 Å². The van der Waals surface area contributed by atoms with Crippen LogP contribution in [0.25, 0.3) is 0 Å². The lowest BCUT2D eigenvalue weighted by Crippen LogP contribution is -2.65. The van der Waals surface area contributed by atoms with E-state index in [4.69, 9.17) is 23.7 Å². The van der Waals surface area contributed by atoms with Crippen molar-refractivity contribution in [3.8, 4) is 0 Å². The third-order valence-corrected chi connectivity index (χ3v) is 11.3. The summed E-state index contributed by atoms with van der Waals surface area (Å²) in [6.07, 6.45) is 7.01. The molecule has 4 unspecified atom stereocenters. The van der Waals surface area contributed by atoms with Gasteiger partial charge in [0.05, 0.1) is 38.6 Å². The molecule has 3 saturated heterocycles. The number of aliphatic hydroxyl groups is 1. The predicted octanol–water partition coefficient (Wildman–Crippen LogP) is 3.25. The summed E-state index contributed by atoms with van der Waals surface area (Å²) in [5.74, 6) is 0.804. The van der Waals surface area contributed by atoms with Crippen LogP contribution in [-0.2, 0) is 23.7 Å². The number of hydrogen-bond donors (Lipinski definition) is 1. The topological polar surface area (TPSA) is 69.7 Å². The molecule has 0 aromatic rings. The van der Waals surface area contributed by atoms with Crippen molar-refractivity contribution < 1.29 is 28.8 Å². The molecule has 4 saturated carbocycles. The maximum atomic E-state index is 11.8. The molecule has 7 aliphatic rings. The van der Waals surface area contributed by atoms with Gasteiger partial charge in [0, 0.05) is 24.2 Å². The average Bonchev–Trinajstić information content (AvgIpc) is 3.08. The molecule has 7 rings (SSSR count). The summed E-state index contributed by atoms with van der Waals surface area (Å²) in [5.41, 5.74) is -0.129. The van der Waals surface area contributed by atoms with Gasteiger partial charge in [0.25, 0.3) is 0 Å². The molecule has 3 heterocycles. The Morgan fingerprint density at radius 3 is 2.32 bits per heavy atom. The largest absolute Gasteiger partial charge is 0.393 e. The lowest BCUT2D eigenvalue weighted by molar-refractivity contribution is -0.249. The Balaban J connectivity index is 1.22. The summed E-state index contributed by atoms with van der Waals surface area (Å²) in [5, 5.41) is 11.8. The summed E-state index contributed by atoms with van der Waals surface area (Å²) in [4.78, 5) is 0. The molecule has 6 nitrogen and oxygen atoms in total. The second-order valence-corrected chi connectivity index (χ2v) is 12.3. The first-order chi connectivity index (χ1) is 14.8. The van der Waals surface area contributed by atoms with E-state index < -0.39 is 11.6 Å². The third-order valence-electron chi connectivity index (χ3n) is 11.3. The van der Waals surface area contributed by atoms with E-state index >= 15 is 0 Å². The lowest BCUT2D eigenvalue weighted by Gasteiger charge is -2.62. The van der Waals surface area contributed by atoms with Crippen molar-refractivity contribution in [2.24, 2.45) is 34.5 Å². The monoisotopic (exact) mass is 434 g/mol. The Kier molecular flexibility index (Phi) is 3.94. The predicted molar refractivity (Wildman–Crippen MR) is 111 cm³/mol. The fourth-order valence-electron chi connectivity index (χ4n) is 10.1. The summed E-state index contributed by atoms with van der Waals surface area (Å²) in [6.45, 7) is 9.72. The number of fused-ring (bicyclic) bond motifs is 4. The SMILES string of the molecule is CC1(C2CCC3C4C[C@H]5O[C@]56CC5(CC[C@]6(C)C4[C@H](O)C[C@@]32C)OCCO5)OCCO1. The van der Waals surface area contributed by atoms with E-state index in [1.54, 1.807) is 0 Å². The molecule has 6 heteroatoms. The Bertz CT molecular complexity index is 774. The van der Waals surface area contributed by atoms with Crippen LogP contribution in [0.4, 0.5) is 0 Å². The average molecular weight is 435 g/mol. The zero-order chi connectivity index (χ0) is 21.3. The number of hydrogen-bond acceptors (Lipinski definition) is 6. The Morgan fingerprint density at radius 1 is 0.871 bits per heavy atom. The molecular formula is C25H38O6. The van der Waals surface area contributed by atoms with Crippen molar-refractivity contribution in [1.29, 1.82) is 0 Å². The summed E-state index contributed by atoms with van der Waals surface area (Å²) >= 11 is 0. The number of epoxide rings is 1. The van der Waals surface area contributed by atoms with Crippen LogP contribution in [0.3, 0.4) is 0 Å². The molecule has 2 spiro atoms. The van der Waals surface area contributed by atoms with E-state index in [1.807, 2.05) is 0 Å². The van der Waals surface area contributed by atoms with Crippen molar-refractivity contribution in [1.82, 2.24) is 0 Å². The zero-order valence-electron chi connectivity index (χ0n) is 19.2.